The van der Waals surface area contributed by atoms with Gasteiger partial charge in [0.15, 0.2) is 12.4 Å². The molecule has 0 bridgehead atoms. The van der Waals surface area contributed by atoms with Crippen molar-refractivity contribution < 1.29 is 18.4 Å². The number of amides is 1. The maximum Gasteiger partial charge on any atom is 0.277 e. The minimum atomic E-state index is -0.420. The van der Waals surface area contributed by atoms with Crippen LogP contribution in [0.4, 0.5) is 4.39 Å². The molecule has 2 aromatic heterocycles. The molecule has 0 unspecified atom stereocenters. The lowest BCUT2D eigenvalue weighted by atomic mass is 10.3. The van der Waals surface area contributed by atoms with Gasteiger partial charge in [-0.15, -0.1) is 0 Å². The molecule has 0 aliphatic heterocycles. The van der Waals surface area contributed by atoms with E-state index in [9.17, 15) is 9.18 Å². The predicted molar refractivity (Wildman–Crippen MR) is 97.7 cm³/mol. The smallest absolute Gasteiger partial charge is 0.277 e. The summed E-state index contributed by atoms with van der Waals surface area (Å²) in [5.74, 6) is 1.04. The number of aromatic nitrogens is 2. The summed E-state index contributed by atoms with van der Waals surface area (Å²) in [7, 11) is 0. The average Bonchev–Trinajstić information content (AvgIpc) is 3.17. The molecule has 1 N–H and O–H groups in total. The zero-order valence-electron chi connectivity index (χ0n) is 15.2. The van der Waals surface area contributed by atoms with Crippen molar-refractivity contribution in [1.82, 2.24) is 15.1 Å². The number of nitrogens with one attached hydrogen (secondary N) is 1. The highest BCUT2D eigenvalue weighted by Crippen LogP contribution is 2.19. The maximum atomic E-state index is 12.8. The number of hydrogen-bond acceptors (Lipinski definition) is 5. The molecule has 0 fully saturated rings. The van der Waals surface area contributed by atoms with Gasteiger partial charge >= 0.3 is 0 Å². The van der Waals surface area contributed by atoms with E-state index >= 15 is 0 Å². The van der Waals surface area contributed by atoms with Gasteiger partial charge in [-0.05, 0) is 51.1 Å². The summed E-state index contributed by atoms with van der Waals surface area (Å²) < 4.78 is 25.1. The first-order valence-corrected chi connectivity index (χ1v) is 8.27. The lowest BCUT2D eigenvalue weighted by Gasteiger charge is -2.05. The topological polar surface area (TPSA) is 81.7 Å². The van der Waals surface area contributed by atoms with Crippen molar-refractivity contribution in [2.75, 3.05) is 6.61 Å². The van der Waals surface area contributed by atoms with Crippen LogP contribution in [0.15, 0.2) is 46.0 Å². The standard InChI is InChI=1S/C19H19FN4O3/c1-12-8-15(14(3)24(12)18-9-13(2)27-23-18)10-21-22-19(25)11-26-17-6-4-16(20)5-7-17/h4-10H,11H2,1-3H3,(H,22,25)/b21-10-. The molecule has 0 spiro atoms. The minimum Gasteiger partial charge on any atom is -0.484 e. The SMILES string of the molecule is Cc1cc(-n2c(C)cc(/C=N\NC(=O)COc3ccc(F)cc3)c2C)no1. The summed E-state index contributed by atoms with van der Waals surface area (Å²) in [5.41, 5.74) is 5.13. The summed E-state index contributed by atoms with van der Waals surface area (Å²) in [6.07, 6.45) is 1.56. The molecule has 0 aliphatic carbocycles. The zero-order chi connectivity index (χ0) is 19.4. The Morgan fingerprint density at radius 2 is 2.04 bits per heavy atom. The minimum absolute atomic E-state index is 0.222. The number of rotatable bonds is 6. The molecule has 3 rings (SSSR count). The van der Waals surface area contributed by atoms with Crippen LogP contribution in [0.1, 0.15) is 22.7 Å². The fourth-order valence-corrected chi connectivity index (χ4v) is 2.62. The maximum absolute atomic E-state index is 12.8. The van der Waals surface area contributed by atoms with Crippen LogP contribution in [-0.4, -0.2) is 28.5 Å². The third-order valence-electron chi connectivity index (χ3n) is 3.89. The van der Waals surface area contributed by atoms with E-state index in [0.29, 0.717) is 11.6 Å². The summed E-state index contributed by atoms with van der Waals surface area (Å²) in [4.78, 5) is 11.8. The molecule has 0 atom stereocenters. The molecule has 1 amide bonds. The van der Waals surface area contributed by atoms with Gasteiger partial charge in [0.1, 0.15) is 17.3 Å². The van der Waals surface area contributed by atoms with Crippen molar-refractivity contribution in [2.45, 2.75) is 20.8 Å². The molecule has 0 saturated carbocycles. The molecule has 3 aromatic rings. The Morgan fingerprint density at radius 1 is 1.30 bits per heavy atom. The first-order chi connectivity index (χ1) is 12.9. The van der Waals surface area contributed by atoms with Crippen molar-refractivity contribution in [1.29, 1.82) is 0 Å². The number of benzene rings is 1. The lowest BCUT2D eigenvalue weighted by molar-refractivity contribution is -0.123. The van der Waals surface area contributed by atoms with Crippen molar-refractivity contribution in [3.63, 3.8) is 0 Å². The van der Waals surface area contributed by atoms with Gasteiger partial charge in [-0.2, -0.15) is 5.10 Å². The van der Waals surface area contributed by atoms with Gasteiger partial charge in [0.2, 0.25) is 0 Å². The van der Waals surface area contributed by atoms with Crippen molar-refractivity contribution in [3.05, 3.63) is 64.9 Å². The largest absolute Gasteiger partial charge is 0.484 e. The third-order valence-corrected chi connectivity index (χ3v) is 3.89. The van der Waals surface area contributed by atoms with Crippen molar-refractivity contribution >= 4 is 12.1 Å². The van der Waals surface area contributed by atoms with E-state index < -0.39 is 5.91 Å². The van der Waals surface area contributed by atoms with E-state index in [1.54, 1.807) is 6.21 Å². The van der Waals surface area contributed by atoms with Gasteiger partial charge in [0.05, 0.1) is 6.21 Å². The quantitative estimate of drug-likeness (QED) is 0.534. The van der Waals surface area contributed by atoms with Gasteiger partial charge in [0, 0.05) is 23.0 Å². The molecule has 0 saturated heterocycles. The fraction of sp³-hybridized carbons (Fsp3) is 0.211. The Morgan fingerprint density at radius 3 is 2.70 bits per heavy atom. The van der Waals surface area contributed by atoms with Crippen LogP contribution in [0.5, 0.6) is 5.75 Å². The Kier molecular flexibility index (Phi) is 5.35. The van der Waals surface area contributed by atoms with E-state index in [1.165, 1.54) is 24.3 Å². The molecule has 140 valence electrons. The van der Waals surface area contributed by atoms with Gasteiger partial charge in [0.25, 0.3) is 5.91 Å². The van der Waals surface area contributed by atoms with Crippen LogP contribution in [-0.2, 0) is 4.79 Å². The monoisotopic (exact) mass is 370 g/mol. The highest BCUT2D eigenvalue weighted by molar-refractivity contribution is 5.84. The van der Waals surface area contributed by atoms with Crippen LogP contribution in [0, 0.1) is 26.6 Å². The second kappa shape index (κ2) is 7.86. The second-order valence-corrected chi connectivity index (χ2v) is 5.99. The van der Waals surface area contributed by atoms with Crippen LogP contribution in [0.25, 0.3) is 5.82 Å². The number of aryl methyl sites for hydroxylation is 2. The van der Waals surface area contributed by atoms with E-state index in [4.69, 9.17) is 9.26 Å². The lowest BCUT2D eigenvalue weighted by Crippen LogP contribution is -2.24. The molecule has 2 heterocycles. The number of nitrogens with zero attached hydrogens (tertiary/aromatic N) is 3. The fourth-order valence-electron chi connectivity index (χ4n) is 2.62. The van der Waals surface area contributed by atoms with E-state index in [-0.39, 0.29) is 12.4 Å². The van der Waals surface area contributed by atoms with Crippen LogP contribution < -0.4 is 10.2 Å². The number of carbonyl (C=O) groups excluding carboxylic acids is 1. The van der Waals surface area contributed by atoms with E-state index in [0.717, 1.165) is 22.7 Å². The van der Waals surface area contributed by atoms with E-state index in [2.05, 4.69) is 15.7 Å². The molecular formula is C19H19FN4O3. The van der Waals surface area contributed by atoms with E-state index in [1.807, 2.05) is 37.5 Å². The summed E-state index contributed by atoms with van der Waals surface area (Å²) >= 11 is 0. The first-order valence-electron chi connectivity index (χ1n) is 8.27. The normalized spacial score (nSPS) is 11.1. The summed E-state index contributed by atoms with van der Waals surface area (Å²) in [6, 6.07) is 9.20. The molecule has 27 heavy (non-hydrogen) atoms. The number of halogens is 1. The molecule has 7 nitrogen and oxygen atoms in total. The molecule has 0 aliphatic rings. The first kappa shape index (κ1) is 18.4. The molecule has 8 heteroatoms. The molecular weight excluding hydrogens is 351 g/mol. The predicted octanol–water partition coefficient (Wildman–Crippen LogP) is 3.06. The van der Waals surface area contributed by atoms with Crippen LogP contribution in [0.3, 0.4) is 0 Å². The molecule has 0 radical (unpaired) electrons. The average molecular weight is 370 g/mol. The zero-order valence-corrected chi connectivity index (χ0v) is 15.2. The van der Waals surface area contributed by atoms with Gasteiger partial charge in [-0.3, -0.25) is 9.36 Å². The second-order valence-electron chi connectivity index (χ2n) is 5.99. The summed E-state index contributed by atoms with van der Waals surface area (Å²) in [5, 5.41) is 7.98. The van der Waals surface area contributed by atoms with Gasteiger partial charge in [-0.25, -0.2) is 9.82 Å². The number of hydrogen-bond donors (Lipinski definition) is 1. The number of hydrazone groups is 1. The third kappa shape index (κ3) is 4.41. The molecule has 1 aromatic carbocycles. The van der Waals surface area contributed by atoms with Crippen molar-refractivity contribution in [3.8, 4) is 11.6 Å². The highest BCUT2D eigenvalue weighted by Gasteiger charge is 2.12. The van der Waals surface area contributed by atoms with Crippen molar-refractivity contribution in [2.24, 2.45) is 5.10 Å². The summed E-state index contributed by atoms with van der Waals surface area (Å²) in [6.45, 7) is 5.48. The number of ether oxygens (including phenoxy) is 1. The Bertz CT molecular complexity index is 974. The Labute approximate surface area is 155 Å². The Hall–Kier alpha value is -3.42. The number of carbonyl (C=O) groups is 1. The Balaban J connectivity index is 1.59. The van der Waals surface area contributed by atoms with Gasteiger partial charge in [-0.1, -0.05) is 5.16 Å². The van der Waals surface area contributed by atoms with Gasteiger partial charge < -0.3 is 9.26 Å². The highest BCUT2D eigenvalue weighted by atomic mass is 19.1. The van der Waals surface area contributed by atoms with Crippen LogP contribution in [0.2, 0.25) is 0 Å². The van der Waals surface area contributed by atoms with Crippen LogP contribution >= 0.6 is 0 Å².